The molecule has 1 amide bonds. The van der Waals surface area contributed by atoms with E-state index in [0.29, 0.717) is 23.0 Å². The second-order valence-corrected chi connectivity index (χ2v) is 7.88. The molecule has 3 aromatic carbocycles. The third-order valence-electron chi connectivity index (χ3n) is 5.20. The smallest absolute Gasteiger partial charge is 0.255 e. The van der Waals surface area contributed by atoms with Crippen LogP contribution in [-0.4, -0.2) is 15.9 Å². The lowest BCUT2D eigenvalue weighted by Crippen LogP contribution is -2.11. The minimum Gasteiger partial charge on any atom is -0.340 e. The van der Waals surface area contributed by atoms with Crippen LogP contribution in [0, 0.1) is 13.8 Å². The monoisotopic (exact) mass is 437 g/mol. The quantitative estimate of drug-likeness (QED) is 0.312. The molecular formula is C27H27N5O. The molecule has 0 saturated carbocycles. The van der Waals surface area contributed by atoms with E-state index in [4.69, 9.17) is 0 Å². The Kier molecular flexibility index (Phi) is 6.64. The maximum atomic E-state index is 12.5. The highest BCUT2D eigenvalue weighted by molar-refractivity contribution is 6.04. The summed E-state index contributed by atoms with van der Waals surface area (Å²) < 4.78 is 0. The molecule has 4 rings (SSSR count). The Balaban J connectivity index is 1.41. The van der Waals surface area contributed by atoms with Crippen molar-refractivity contribution in [3.05, 3.63) is 101 Å². The maximum Gasteiger partial charge on any atom is 0.255 e. The number of amides is 1. The topological polar surface area (TPSA) is 78.9 Å². The van der Waals surface area contributed by atoms with Crippen LogP contribution in [0.2, 0.25) is 0 Å². The van der Waals surface area contributed by atoms with E-state index in [0.717, 1.165) is 23.5 Å². The van der Waals surface area contributed by atoms with E-state index in [1.165, 1.54) is 11.1 Å². The summed E-state index contributed by atoms with van der Waals surface area (Å²) >= 11 is 0. The van der Waals surface area contributed by atoms with Crippen LogP contribution in [0.3, 0.4) is 0 Å². The predicted molar refractivity (Wildman–Crippen MR) is 135 cm³/mol. The molecule has 6 heteroatoms. The first-order chi connectivity index (χ1) is 16.0. The van der Waals surface area contributed by atoms with Crippen LogP contribution in [0.5, 0.6) is 0 Å². The maximum absolute atomic E-state index is 12.5. The van der Waals surface area contributed by atoms with Gasteiger partial charge in [0.2, 0.25) is 0 Å². The van der Waals surface area contributed by atoms with Crippen molar-refractivity contribution in [1.29, 1.82) is 0 Å². The molecule has 0 unspecified atom stereocenters. The van der Waals surface area contributed by atoms with Gasteiger partial charge in [0.1, 0.15) is 17.5 Å². The van der Waals surface area contributed by atoms with Gasteiger partial charge in [-0.2, -0.15) is 0 Å². The summed E-state index contributed by atoms with van der Waals surface area (Å²) in [5.74, 6) is 1.93. The Morgan fingerprint density at radius 3 is 1.79 bits per heavy atom. The lowest BCUT2D eigenvalue weighted by molar-refractivity contribution is 0.102. The average molecular weight is 438 g/mol. The number of rotatable bonds is 7. The first-order valence-electron chi connectivity index (χ1n) is 11.0. The number of hydrogen-bond donors (Lipinski definition) is 3. The minimum atomic E-state index is -0.128. The number of nitrogens with zero attached hydrogens (tertiary/aromatic N) is 2. The van der Waals surface area contributed by atoms with Crippen molar-refractivity contribution < 1.29 is 4.79 Å². The standard InChI is InChI=1S/C27H27N5O/c1-4-20-7-9-21(10-8-20)27(33)32-24-15-13-23(14-16-24)31-26-17-25(28-19(3)29-26)30-22-11-5-18(2)6-12-22/h5-17H,4H2,1-3H3,(H,32,33)(H2,28,29,30,31). The summed E-state index contributed by atoms with van der Waals surface area (Å²) in [6.45, 7) is 6.01. The zero-order valence-corrected chi connectivity index (χ0v) is 19.0. The van der Waals surface area contributed by atoms with Gasteiger partial charge in [-0.15, -0.1) is 0 Å². The lowest BCUT2D eigenvalue weighted by Gasteiger charge is -2.11. The van der Waals surface area contributed by atoms with Crippen LogP contribution in [0.15, 0.2) is 78.9 Å². The molecule has 0 fully saturated rings. The number of hydrogen-bond acceptors (Lipinski definition) is 5. The molecule has 0 atom stereocenters. The number of nitrogens with one attached hydrogen (secondary N) is 3. The normalized spacial score (nSPS) is 10.5. The van der Waals surface area contributed by atoms with E-state index in [9.17, 15) is 4.79 Å². The van der Waals surface area contributed by atoms with E-state index in [2.05, 4.69) is 51.9 Å². The summed E-state index contributed by atoms with van der Waals surface area (Å²) in [6, 6.07) is 25.2. The molecule has 33 heavy (non-hydrogen) atoms. The number of carbonyl (C=O) groups is 1. The summed E-state index contributed by atoms with van der Waals surface area (Å²) in [4.78, 5) is 21.4. The average Bonchev–Trinajstić information content (AvgIpc) is 2.81. The van der Waals surface area contributed by atoms with Gasteiger partial charge in [0.05, 0.1) is 0 Å². The first kappa shape index (κ1) is 22.0. The van der Waals surface area contributed by atoms with Gasteiger partial charge in [0, 0.05) is 28.7 Å². The zero-order valence-electron chi connectivity index (χ0n) is 19.0. The van der Waals surface area contributed by atoms with Crippen molar-refractivity contribution in [2.75, 3.05) is 16.0 Å². The van der Waals surface area contributed by atoms with Gasteiger partial charge in [-0.3, -0.25) is 4.79 Å². The third kappa shape index (κ3) is 5.95. The van der Waals surface area contributed by atoms with Crippen LogP contribution in [0.1, 0.15) is 34.2 Å². The van der Waals surface area contributed by atoms with E-state index >= 15 is 0 Å². The largest absolute Gasteiger partial charge is 0.340 e. The number of aromatic nitrogens is 2. The molecule has 0 aliphatic heterocycles. The molecule has 1 heterocycles. The Labute approximate surface area is 194 Å². The second-order valence-electron chi connectivity index (χ2n) is 7.88. The summed E-state index contributed by atoms with van der Waals surface area (Å²) in [6.07, 6.45) is 0.950. The Hall–Kier alpha value is -4.19. The zero-order chi connectivity index (χ0) is 23.2. The van der Waals surface area contributed by atoms with Gasteiger partial charge in [-0.05, 0) is 74.4 Å². The summed E-state index contributed by atoms with van der Waals surface area (Å²) in [5, 5.41) is 9.55. The van der Waals surface area contributed by atoms with Crippen molar-refractivity contribution in [2.24, 2.45) is 0 Å². The highest BCUT2D eigenvalue weighted by atomic mass is 16.1. The van der Waals surface area contributed by atoms with Crippen molar-refractivity contribution in [2.45, 2.75) is 27.2 Å². The van der Waals surface area contributed by atoms with Crippen LogP contribution < -0.4 is 16.0 Å². The molecule has 0 aliphatic rings. The van der Waals surface area contributed by atoms with E-state index in [1.54, 1.807) is 0 Å². The van der Waals surface area contributed by atoms with Crippen molar-refractivity contribution in [3.8, 4) is 0 Å². The molecule has 166 valence electrons. The van der Waals surface area contributed by atoms with Crippen molar-refractivity contribution >= 4 is 34.6 Å². The minimum absolute atomic E-state index is 0.128. The fraction of sp³-hybridized carbons (Fsp3) is 0.148. The van der Waals surface area contributed by atoms with Gasteiger partial charge in [0.25, 0.3) is 5.91 Å². The fourth-order valence-corrected chi connectivity index (χ4v) is 3.36. The van der Waals surface area contributed by atoms with E-state index < -0.39 is 0 Å². The fourth-order valence-electron chi connectivity index (χ4n) is 3.36. The molecule has 0 aliphatic carbocycles. The molecule has 0 spiro atoms. The summed E-state index contributed by atoms with van der Waals surface area (Å²) in [7, 11) is 0. The van der Waals surface area contributed by atoms with Crippen molar-refractivity contribution in [1.82, 2.24) is 9.97 Å². The molecule has 4 aromatic rings. The highest BCUT2D eigenvalue weighted by Crippen LogP contribution is 2.22. The number of carbonyl (C=O) groups excluding carboxylic acids is 1. The van der Waals surface area contributed by atoms with Gasteiger partial charge in [-0.25, -0.2) is 9.97 Å². The Bertz CT molecular complexity index is 1230. The van der Waals surface area contributed by atoms with Gasteiger partial charge in [0.15, 0.2) is 0 Å². The molecular weight excluding hydrogens is 410 g/mol. The third-order valence-corrected chi connectivity index (χ3v) is 5.20. The predicted octanol–water partition coefficient (Wildman–Crippen LogP) is 6.40. The molecule has 6 nitrogen and oxygen atoms in total. The first-order valence-corrected chi connectivity index (χ1v) is 11.0. The second kappa shape index (κ2) is 9.96. The Morgan fingerprint density at radius 1 is 0.727 bits per heavy atom. The SMILES string of the molecule is CCc1ccc(C(=O)Nc2ccc(Nc3cc(Nc4ccc(C)cc4)nc(C)n3)cc2)cc1. The molecule has 0 bridgehead atoms. The van der Waals surface area contributed by atoms with Crippen LogP contribution >= 0.6 is 0 Å². The van der Waals surface area contributed by atoms with Crippen LogP contribution in [-0.2, 0) is 6.42 Å². The van der Waals surface area contributed by atoms with E-state index in [-0.39, 0.29) is 5.91 Å². The van der Waals surface area contributed by atoms with Gasteiger partial charge in [-0.1, -0.05) is 36.8 Å². The molecule has 1 aromatic heterocycles. The van der Waals surface area contributed by atoms with Gasteiger partial charge < -0.3 is 16.0 Å². The van der Waals surface area contributed by atoms with Crippen LogP contribution in [0.25, 0.3) is 0 Å². The molecule has 0 saturated heterocycles. The number of aryl methyl sites for hydroxylation is 3. The van der Waals surface area contributed by atoms with Gasteiger partial charge >= 0.3 is 0 Å². The van der Waals surface area contributed by atoms with Crippen molar-refractivity contribution in [3.63, 3.8) is 0 Å². The lowest BCUT2D eigenvalue weighted by atomic mass is 10.1. The summed E-state index contributed by atoms with van der Waals surface area (Å²) in [5.41, 5.74) is 5.61. The molecule has 3 N–H and O–H groups in total. The molecule has 0 radical (unpaired) electrons. The van der Waals surface area contributed by atoms with Crippen LogP contribution in [0.4, 0.5) is 28.7 Å². The highest BCUT2D eigenvalue weighted by Gasteiger charge is 2.07. The number of anilines is 5. The number of benzene rings is 3. The van der Waals surface area contributed by atoms with E-state index in [1.807, 2.05) is 73.7 Å². The Morgan fingerprint density at radius 2 is 1.24 bits per heavy atom.